The second kappa shape index (κ2) is 9.19. The Hall–Kier alpha value is -2.12. The van der Waals surface area contributed by atoms with E-state index in [1.165, 1.54) is 54.7 Å². The van der Waals surface area contributed by atoms with E-state index < -0.39 is 0 Å². The fraction of sp³-hybridized carbons (Fsp3) is 0.385. The molecule has 0 amide bonds. The molecule has 1 heteroatoms. The molecular weight excluding hydrogens is 326 g/mol. The Labute approximate surface area is 165 Å². The molecule has 0 fully saturated rings. The predicted molar refractivity (Wildman–Crippen MR) is 118 cm³/mol. The number of quaternary nitrogens is 1. The third kappa shape index (κ3) is 4.42. The van der Waals surface area contributed by atoms with Crippen LogP contribution in [-0.4, -0.2) is 30.7 Å². The van der Waals surface area contributed by atoms with E-state index in [4.69, 9.17) is 0 Å². The van der Waals surface area contributed by atoms with Crippen molar-refractivity contribution in [3.63, 3.8) is 0 Å². The largest absolute Gasteiger partial charge is 0.321 e. The molecule has 2 aromatic rings. The van der Waals surface area contributed by atoms with Gasteiger partial charge in [0.2, 0.25) is 0 Å². The molecule has 0 aromatic heterocycles. The monoisotopic (exact) mass is 360 g/mol. The minimum Gasteiger partial charge on any atom is -0.321 e. The molecule has 0 heterocycles. The van der Waals surface area contributed by atoms with Crippen molar-refractivity contribution in [2.24, 2.45) is 0 Å². The van der Waals surface area contributed by atoms with Crippen LogP contribution < -0.4 is 0 Å². The highest BCUT2D eigenvalue weighted by molar-refractivity contribution is 5.73. The molecule has 1 atom stereocenters. The van der Waals surface area contributed by atoms with Crippen LogP contribution in [0, 0.1) is 0 Å². The van der Waals surface area contributed by atoms with E-state index in [1.807, 2.05) is 0 Å². The molecule has 2 aromatic carbocycles. The van der Waals surface area contributed by atoms with Crippen molar-refractivity contribution in [2.45, 2.75) is 39.0 Å². The van der Waals surface area contributed by atoms with Crippen molar-refractivity contribution in [3.8, 4) is 0 Å². The van der Waals surface area contributed by atoms with Crippen molar-refractivity contribution in [1.29, 1.82) is 0 Å². The molecule has 0 saturated heterocycles. The van der Waals surface area contributed by atoms with Gasteiger partial charge >= 0.3 is 0 Å². The Morgan fingerprint density at radius 1 is 1.04 bits per heavy atom. The van der Waals surface area contributed by atoms with Crippen LogP contribution in [0.25, 0.3) is 5.57 Å². The van der Waals surface area contributed by atoms with Crippen molar-refractivity contribution in [1.82, 2.24) is 0 Å². The first-order valence-electron chi connectivity index (χ1n) is 10.5. The summed E-state index contributed by atoms with van der Waals surface area (Å²) in [6, 6.07) is 20.0. The van der Waals surface area contributed by atoms with Gasteiger partial charge in [0.05, 0.1) is 26.2 Å². The summed E-state index contributed by atoms with van der Waals surface area (Å²) in [7, 11) is 0. The van der Waals surface area contributed by atoms with Gasteiger partial charge < -0.3 is 4.48 Å². The maximum absolute atomic E-state index is 3.99. The fourth-order valence-electron chi connectivity index (χ4n) is 4.63. The molecule has 1 aliphatic rings. The van der Waals surface area contributed by atoms with E-state index in [-0.39, 0.29) is 0 Å². The van der Waals surface area contributed by atoms with E-state index in [0.717, 1.165) is 17.4 Å². The molecule has 1 unspecified atom stereocenters. The number of likely N-dealkylation sites (N-methyl/N-ethyl adjacent to an activating group) is 1. The van der Waals surface area contributed by atoms with Gasteiger partial charge in [-0.25, -0.2) is 0 Å². The third-order valence-electron chi connectivity index (χ3n) is 6.44. The first-order valence-corrected chi connectivity index (χ1v) is 10.5. The molecule has 0 spiro atoms. The molecule has 0 N–H and O–H groups in total. The van der Waals surface area contributed by atoms with Gasteiger partial charge in [-0.15, -0.1) is 0 Å². The maximum atomic E-state index is 3.99. The van der Waals surface area contributed by atoms with Crippen LogP contribution in [0.5, 0.6) is 0 Å². The summed E-state index contributed by atoms with van der Waals surface area (Å²) in [4.78, 5) is 0. The van der Waals surface area contributed by atoms with Crippen LogP contribution in [-0.2, 0) is 6.42 Å². The molecule has 27 heavy (non-hydrogen) atoms. The zero-order chi connectivity index (χ0) is 19.1. The first-order chi connectivity index (χ1) is 13.2. The van der Waals surface area contributed by atoms with Crippen LogP contribution in [0.3, 0.4) is 0 Å². The quantitative estimate of drug-likeness (QED) is 0.367. The summed E-state index contributed by atoms with van der Waals surface area (Å²) in [6.07, 6.45) is 8.17. The highest BCUT2D eigenvalue weighted by atomic mass is 15.3. The molecule has 0 bridgehead atoms. The minimum atomic E-state index is 0.535. The summed E-state index contributed by atoms with van der Waals surface area (Å²) in [5.74, 6) is 0.535. The van der Waals surface area contributed by atoms with Gasteiger partial charge in [0.1, 0.15) is 0 Å². The van der Waals surface area contributed by atoms with E-state index in [9.17, 15) is 0 Å². The van der Waals surface area contributed by atoms with Gasteiger partial charge in [-0.05, 0) is 55.0 Å². The normalized spacial score (nSPS) is 17.0. The molecular formula is C26H34N+. The van der Waals surface area contributed by atoms with Crippen LogP contribution >= 0.6 is 0 Å². The van der Waals surface area contributed by atoms with Crippen molar-refractivity contribution < 1.29 is 4.48 Å². The number of rotatable bonds is 9. The Kier molecular flexibility index (Phi) is 6.68. The van der Waals surface area contributed by atoms with E-state index in [1.54, 1.807) is 0 Å². The standard InChI is InChI=1S/C26H34N/c1-4-20-27(5-2,6-3)21-12-17-25(22-13-8-7-9-14-22)26-19-18-23-15-10-11-16-24(23)26/h4,7-11,13-17,26H,1,5-6,12,18-21H2,2-3H3/q+1/b25-17-. The zero-order valence-electron chi connectivity index (χ0n) is 17.0. The SMILES string of the molecule is C=CC[N+](CC)(CC)CC/C=C(/c1ccccc1)C1CCc2ccccc21. The molecule has 1 nitrogen and oxygen atoms in total. The van der Waals surface area contributed by atoms with Gasteiger partial charge in [0, 0.05) is 12.3 Å². The Balaban J connectivity index is 1.88. The lowest BCUT2D eigenvalue weighted by atomic mass is 9.87. The second-order valence-corrected chi connectivity index (χ2v) is 7.77. The Bertz CT molecular complexity index is 768. The number of hydrogen-bond donors (Lipinski definition) is 0. The van der Waals surface area contributed by atoms with Gasteiger partial charge in [0.25, 0.3) is 0 Å². The highest BCUT2D eigenvalue weighted by Crippen LogP contribution is 2.42. The average Bonchev–Trinajstić information content (AvgIpc) is 3.15. The summed E-state index contributed by atoms with van der Waals surface area (Å²) < 4.78 is 1.13. The number of benzene rings is 2. The topological polar surface area (TPSA) is 0 Å². The van der Waals surface area contributed by atoms with Crippen LogP contribution in [0.15, 0.2) is 73.3 Å². The summed E-state index contributed by atoms with van der Waals surface area (Å²) >= 11 is 0. The van der Waals surface area contributed by atoms with E-state index in [2.05, 4.69) is 87.2 Å². The van der Waals surface area contributed by atoms with Crippen molar-refractivity contribution >= 4 is 5.57 Å². The zero-order valence-corrected chi connectivity index (χ0v) is 17.0. The third-order valence-corrected chi connectivity index (χ3v) is 6.44. The number of aryl methyl sites for hydroxylation is 1. The lowest BCUT2D eigenvalue weighted by Crippen LogP contribution is -2.48. The second-order valence-electron chi connectivity index (χ2n) is 7.77. The lowest BCUT2D eigenvalue weighted by molar-refractivity contribution is -0.919. The van der Waals surface area contributed by atoms with Gasteiger partial charge in [-0.1, -0.05) is 67.3 Å². The van der Waals surface area contributed by atoms with E-state index >= 15 is 0 Å². The van der Waals surface area contributed by atoms with Crippen LogP contribution in [0.1, 0.15) is 49.3 Å². The number of nitrogens with zero attached hydrogens (tertiary/aromatic N) is 1. The summed E-state index contributed by atoms with van der Waals surface area (Å²) in [5.41, 5.74) is 5.96. The summed E-state index contributed by atoms with van der Waals surface area (Å²) in [6.45, 7) is 13.2. The molecule has 3 rings (SSSR count). The van der Waals surface area contributed by atoms with Crippen molar-refractivity contribution in [2.75, 3.05) is 26.2 Å². The van der Waals surface area contributed by atoms with Crippen molar-refractivity contribution in [3.05, 3.63) is 90.0 Å². The predicted octanol–water partition coefficient (Wildman–Crippen LogP) is 6.23. The molecule has 0 saturated carbocycles. The van der Waals surface area contributed by atoms with Gasteiger partial charge in [-0.3, -0.25) is 0 Å². The van der Waals surface area contributed by atoms with Crippen LogP contribution in [0.4, 0.5) is 0 Å². The van der Waals surface area contributed by atoms with E-state index in [0.29, 0.717) is 5.92 Å². The number of fused-ring (bicyclic) bond motifs is 1. The molecule has 142 valence electrons. The number of hydrogen-bond acceptors (Lipinski definition) is 0. The first kappa shape index (κ1) is 19.6. The number of allylic oxidation sites excluding steroid dienone is 1. The Morgan fingerprint density at radius 3 is 2.44 bits per heavy atom. The van der Waals surface area contributed by atoms with Crippen LogP contribution in [0.2, 0.25) is 0 Å². The molecule has 1 aliphatic carbocycles. The fourth-order valence-corrected chi connectivity index (χ4v) is 4.63. The average molecular weight is 361 g/mol. The van der Waals surface area contributed by atoms with Gasteiger partial charge in [-0.2, -0.15) is 0 Å². The molecule has 0 radical (unpaired) electrons. The lowest BCUT2D eigenvalue weighted by Gasteiger charge is -2.35. The maximum Gasteiger partial charge on any atom is 0.0971 e. The smallest absolute Gasteiger partial charge is 0.0971 e. The van der Waals surface area contributed by atoms with Gasteiger partial charge in [0.15, 0.2) is 0 Å². The Morgan fingerprint density at radius 2 is 1.74 bits per heavy atom. The highest BCUT2D eigenvalue weighted by Gasteiger charge is 2.26. The molecule has 0 aliphatic heterocycles. The summed E-state index contributed by atoms with van der Waals surface area (Å²) in [5, 5.41) is 0. The minimum absolute atomic E-state index is 0.535.